The van der Waals surface area contributed by atoms with E-state index < -0.39 is 0 Å². The molecule has 0 saturated carbocycles. The van der Waals surface area contributed by atoms with Crippen molar-refractivity contribution >= 4 is 11.8 Å². The van der Waals surface area contributed by atoms with Crippen LogP contribution in [0.3, 0.4) is 0 Å². The van der Waals surface area contributed by atoms with Crippen molar-refractivity contribution in [2.24, 2.45) is 10.8 Å². The molecular weight excluding hydrogens is 408 g/mol. The number of rotatable bonds is 18. The maximum Gasteiger partial charge on any atom is 0.221 e. The molecule has 8 nitrogen and oxygen atoms in total. The van der Waals surface area contributed by atoms with Gasteiger partial charge in [0, 0.05) is 65.2 Å². The SMILES string of the molecule is CCCNC(=O)CCN(CCC(=O)NCC(C)(C)CC(C)(C)C)CCN(CCO)CCO. The molecule has 32 heavy (non-hydrogen) atoms. The summed E-state index contributed by atoms with van der Waals surface area (Å²) in [5, 5.41) is 24.4. The Kier molecular flexibility index (Phi) is 15.8. The maximum absolute atomic E-state index is 12.5. The third kappa shape index (κ3) is 17.3. The zero-order valence-electron chi connectivity index (χ0n) is 21.5. The second-order valence-electron chi connectivity index (χ2n) is 10.7. The minimum atomic E-state index is 0.0211. The van der Waals surface area contributed by atoms with Gasteiger partial charge in [0.25, 0.3) is 0 Å². The normalized spacial score (nSPS) is 12.4. The van der Waals surface area contributed by atoms with Crippen LogP contribution in [-0.2, 0) is 9.59 Å². The van der Waals surface area contributed by atoms with Crippen LogP contribution in [0.4, 0.5) is 0 Å². The van der Waals surface area contributed by atoms with Gasteiger partial charge in [-0.3, -0.25) is 14.5 Å². The molecule has 0 bridgehead atoms. The molecule has 4 N–H and O–H groups in total. The molecule has 0 saturated heterocycles. The summed E-state index contributed by atoms with van der Waals surface area (Å²) in [6, 6.07) is 0. The monoisotopic (exact) mass is 458 g/mol. The van der Waals surface area contributed by atoms with Gasteiger partial charge >= 0.3 is 0 Å². The summed E-state index contributed by atoms with van der Waals surface area (Å²) in [4.78, 5) is 28.6. The van der Waals surface area contributed by atoms with Crippen LogP contribution < -0.4 is 10.6 Å². The average molecular weight is 459 g/mol. The van der Waals surface area contributed by atoms with Crippen LogP contribution in [-0.4, -0.2) is 97.4 Å². The van der Waals surface area contributed by atoms with E-state index in [0.717, 1.165) is 12.8 Å². The van der Waals surface area contributed by atoms with Crippen LogP contribution in [0.2, 0.25) is 0 Å². The number of hydrogen-bond donors (Lipinski definition) is 4. The summed E-state index contributed by atoms with van der Waals surface area (Å²) in [5.74, 6) is 0.0443. The Morgan fingerprint density at radius 3 is 1.66 bits per heavy atom. The first-order valence-corrected chi connectivity index (χ1v) is 12.1. The smallest absolute Gasteiger partial charge is 0.221 e. The molecule has 2 amide bonds. The van der Waals surface area contributed by atoms with Gasteiger partial charge in [-0.2, -0.15) is 0 Å². The van der Waals surface area contributed by atoms with Gasteiger partial charge in [0.2, 0.25) is 11.8 Å². The molecule has 0 spiro atoms. The van der Waals surface area contributed by atoms with Crippen molar-refractivity contribution in [3.8, 4) is 0 Å². The lowest BCUT2D eigenvalue weighted by Crippen LogP contribution is -2.41. The van der Waals surface area contributed by atoms with Crippen molar-refractivity contribution in [2.45, 2.75) is 67.2 Å². The molecule has 0 atom stereocenters. The number of carbonyl (C=O) groups excluding carboxylic acids is 2. The molecule has 0 aliphatic carbocycles. The lowest BCUT2D eigenvalue weighted by Gasteiger charge is -2.32. The first kappa shape index (κ1) is 30.8. The van der Waals surface area contributed by atoms with Crippen molar-refractivity contribution in [1.82, 2.24) is 20.4 Å². The number of carbonyl (C=O) groups is 2. The van der Waals surface area contributed by atoms with E-state index in [2.05, 4.69) is 50.2 Å². The number of nitrogens with zero attached hydrogens (tertiary/aromatic N) is 2. The Balaban J connectivity index is 4.70. The van der Waals surface area contributed by atoms with Gasteiger partial charge in [-0.1, -0.05) is 41.5 Å². The molecule has 0 rings (SSSR count). The molecule has 0 aliphatic heterocycles. The maximum atomic E-state index is 12.5. The van der Waals surface area contributed by atoms with Crippen molar-refractivity contribution in [1.29, 1.82) is 0 Å². The highest BCUT2D eigenvalue weighted by atomic mass is 16.3. The predicted molar refractivity (Wildman–Crippen MR) is 130 cm³/mol. The standard InChI is InChI=1S/C24H50N4O4/c1-7-10-25-21(31)8-11-27(13-14-28(15-17-29)16-18-30)12-9-22(32)26-20-24(5,6)19-23(2,3)4/h29-30H,7-20H2,1-6H3,(H,25,31)(H,26,32). The first-order chi connectivity index (χ1) is 14.9. The fourth-order valence-corrected chi connectivity index (χ4v) is 4.03. The summed E-state index contributed by atoms with van der Waals surface area (Å²) in [5.41, 5.74) is 0.235. The van der Waals surface area contributed by atoms with Crippen LogP contribution in [0.25, 0.3) is 0 Å². The van der Waals surface area contributed by atoms with Gasteiger partial charge in [-0.05, 0) is 23.7 Å². The van der Waals surface area contributed by atoms with E-state index in [9.17, 15) is 19.8 Å². The number of amides is 2. The molecule has 0 fully saturated rings. The van der Waals surface area contributed by atoms with E-state index in [1.807, 2.05) is 11.8 Å². The van der Waals surface area contributed by atoms with Crippen LogP contribution in [0.15, 0.2) is 0 Å². The summed E-state index contributed by atoms with van der Waals surface area (Å²) in [6.45, 7) is 17.9. The molecule has 0 heterocycles. The molecule has 0 aromatic carbocycles. The topological polar surface area (TPSA) is 105 Å². The molecule has 8 heteroatoms. The van der Waals surface area contributed by atoms with E-state index in [1.165, 1.54) is 0 Å². The zero-order valence-corrected chi connectivity index (χ0v) is 21.5. The first-order valence-electron chi connectivity index (χ1n) is 12.1. The van der Waals surface area contributed by atoms with Crippen LogP contribution >= 0.6 is 0 Å². The fourth-order valence-electron chi connectivity index (χ4n) is 4.03. The van der Waals surface area contributed by atoms with Crippen LogP contribution in [0.1, 0.15) is 67.2 Å². The number of hydrogen-bond acceptors (Lipinski definition) is 6. The summed E-state index contributed by atoms with van der Waals surface area (Å²) in [7, 11) is 0. The van der Waals surface area contributed by atoms with E-state index in [-0.39, 0.29) is 35.9 Å². The average Bonchev–Trinajstić information content (AvgIpc) is 2.68. The van der Waals surface area contributed by atoms with Gasteiger partial charge < -0.3 is 25.7 Å². The Morgan fingerprint density at radius 2 is 1.22 bits per heavy atom. The highest BCUT2D eigenvalue weighted by Crippen LogP contribution is 2.32. The Morgan fingerprint density at radius 1 is 0.750 bits per heavy atom. The van der Waals surface area contributed by atoms with E-state index >= 15 is 0 Å². The van der Waals surface area contributed by atoms with Gasteiger partial charge in [-0.25, -0.2) is 0 Å². The quantitative estimate of drug-likeness (QED) is 0.248. The van der Waals surface area contributed by atoms with E-state index in [1.54, 1.807) is 0 Å². The minimum Gasteiger partial charge on any atom is -0.395 e. The molecule has 0 radical (unpaired) electrons. The number of aliphatic hydroxyl groups excluding tert-OH is 2. The van der Waals surface area contributed by atoms with Crippen molar-refractivity contribution in [3.63, 3.8) is 0 Å². The number of aliphatic hydroxyl groups is 2. The molecule has 190 valence electrons. The van der Waals surface area contributed by atoms with Crippen LogP contribution in [0.5, 0.6) is 0 Å². The molecule has 0 aromatic heterocycles. The Labute approximate surface area is 196 Å². The molecule has 0 unspecified atom stereocenters. The summed E-state index contributed by atoms with van der Waals surface area (Å²) in [6.07, 6.45) is 2.69. The van der Waals surface area contributed by atoms with Crippen molar-refractivity contribution in [2.75, 3.05) is 65.6 Å². The van der Waals surface area contributed by atoms with E-state index in [4.69, 9.17) is 0 Å². The third-order valence-corrected chi connectivity index (χ3v) is 5.22. The summed E-state index contributed by atoms with van der Waals surface area (Å²) >= 11 is 0. The summed E-state index contributed by atoms with van der Waals surface area (Å²) < 4.78 is 0. The lowest BCUT2D eigenvalue weighted by atomic mass is 9.76. The van der Waals surface area contributed by atoms with Crippen molar-refractivity contribution < 1.29 is 19.8 Å². The third-order valence-electron chi connectivity index (χ3n) is 5.22. The van der Waals surface area contributed by atoms with Gasteiger partial charge in [0.15, 0.2) is 0 Å². The van der Waals surface area contributed by atoms with Crippen LogP contribution in [0, 0.1) is 10.8 Å². The molecule has 0 aromatic rings. The van der Waals surface area contributed by atoms with Gasteiger partial charge in [0.05, 0.1) is 13.2 Å². The van der Waals surface area contributed by atoms with Crippen molar-refractivity contribution in [3.05, 3.63) is 0 Å². The zero-order chi connectivity index (χ0) is 24.6. The van der Waals surface area contributed by atoms with Gasteiger partial charge in [0.1, 0.15) is 0 Å². The molecular formula is C24H50N4O4. The minimum absolute atomic E-state index is 0.0211. The Hall–Kier alpha value is -1.22. The van der Waals surface area contributed by atoms with E-state index in [0.29, 0.717) is 65.2 Å². The highest BCUT2D eigenvalue weighted by Gasteiger charge is 2.26. The second-order valence-corrected chi connectivity index (χ2v) is 10.7. The molecule has 0 aliphatic rings. The largest absolute Gasteiger partial charge is 0.395 e. The number of nitrogens with one attached hydrogen (secondary N) is 2. The highest BCUT2D eigenvalue weighted by molar-refractivity contribution is 5.76. The Bertz CT molecular complexity index is 515. The lowest BCUT2D eigenvalue weighted by molar-refractivity contribution is -0.122. The fraction of sp³-hybridized carbons (Fsp3) is 0.917. The predicted octanol–water partition coefficient (Wildman–Crippen LogP) is 1.46. The second kappa shape index (κ2) is 16.4. The van der Waals surface area contributed by atoms with Gasteiger partial charge in [-0.15, -0.1) is 0 Å².